The van der Waals surface area contributed by atoms with Crippen molar-refractivity contribution in [2.45, 2.75) is 26.2 Å². The zero-order valence-corrected chi connectivity index (χ0v) is 21.9. The third kappa shape index (κ3) is 6.54. The van der Waals surface area contributed by atoms with Crippen molar-refractivity contribution in [2.75, 3.05) is 57.9 Å². The molecule has 0 atom stereocenters. The van der Waals surface area contributed by atoms with Gasteiger partial charge in [-0.05, 0) is 43.3 Å². The Bertz CT molecular complexity index is 1320. The zero-order chi connectivity index (χ0) is 25.5. The van der Waals surface area contributed by atoms with E-state index in [9.17, 15) is 4.79 Å². The first-order valence-corrected chi connectivity index (χ1v) is 13.7. The summed E-state index contributed by atoms with van der Waals surface area (Å²) in [5, 5.41) is 17.0. The van der Waals surface area contributed by atoms with Crippen LogP contribution < -0.4 is 15.4 Å². The Morgan fingerprint density at radius 2 is 2.03 bits per heavy atom. The molecule has 0 aliphatic carbocycles. The molecule has 0 spiro atoms. The predicted octanol–water partition coefficient (Wildman–Crippen LogP) is 2.91. The van der Waals surface area contributed by atoms with Crippen molar-refractivity contribution in [1.82, 2.24) is 29.8 Å². The van der Waals surface area contributed by atoms with Crippen LogP contribution in [-0.2, 0) is 16.0 Å². The number of carbonyl (C=O) groups is 1. The first-order chi connectivity index (χ1) is 18.2. The van der Waals surface area contributed by atoms with Crippen molar-refractivity contribution in [1.29, 1.82) is 0 Å². The number of carbonyl (C=O) groups excluding carboxylic acids is 1. The van der Waals surface area contributed by atoms with E-state index in [1.807, 2.05) is 47.0 Å². The fraction of sp³-hybridized carbons (Fsp3) is 0.462. The Morgan fingerprint density at radius 3 is 2.86 bits per heavy atom. The lowest BCUT2D eigenvalue weighted by molar-refractivity contribution is -0.120. The molecule has 2 N–H and O–H groups in total. The van der Waals surface area contributed by atoms with Crippen LogP contribution in [0.15, 0.2) is 35.7 Å². The van der Waals surface area contributed by atoms with E-state index in [0.717, 1.165) is 79.7 Å². The van der Waals surface area contributed by atoms with Gasteiger partial charge in [0, 0.05) is 43.7 Å². The normalized spacial score (nSPS) is 14.3. The van der Waals surface area contributed by atoms with Crippen molar-refractivity contribution < 1.29 is 14.3 Å². The minimum Gasteiger partial charge on any atom is -0.492 e. The Morgan fingerprint density at radius 1 is 1.16 bits per heavy atom. The van der Waals surface area contributed by atoms with Gasteiger partial charge in [0.2, 0.25) is 11.6 Å². The molecule has 4 heterocycles. The van der Waals surface area contributed by atoms with E-state index in [1.165, 1.54) is 0 Å². The lowest BCUT2D eigenvalue weighted by Gasteiger charge is -2.26. The highest BCUT2D eigenvalue weighted by Gasteiger charge is 2.14. The van der Waals surface area contributed by atoms with Crippen molar-refractivity contribution in [3.8, 4) is 5.75 Å². The van der Waals surface area contributed by atoms with E-state index < -0.39 is 0 Å². The lowest BCUT2D eigenvalue weighted by Crippen LogP contribution is -2.38. The fourth-order valence-electron chi connectivity index (χ4n) is 4.40. The summed E-state index contributed by atoms with van der Waals surface area (Å²) in [6.07, 6.45) is 2.21. The second-order valence-corrected chi connectivity index (χ2v) is 10.1. The van der Waals surface area contributed by atoms with Crippen LogP contribution in [0.1, 0.15) is 23.5 Å². The number of hydrogen-bond donors (Lipinski definition) is 2. The van der Waals surface area contributed by atoms with E-state index >= 15 is 0 Å². The van der Waals surface area contributed by atoms with Crippen LogP contribution in [0.25, 0.3) is 16.7 Å². The third-order valence-electron chi connectivity index (χ3n) is 6.37. The average Bonchev–Trinajstić information content (AvgIpc) is 3.56. The molecule has 10 nitrogen and oxygen atoms in total. The highest BCUT2D eigenvalue weighted by atomic mass is 32.1. The summed E-state index contributed by atoms with van der Waals surface area (Å²) in [6.45, 7) is 8.28. The number of rotatable bonds is 12. The predicted molar refractivity (Wildman–Crippen MR) is 145 cm³/mol. The summed E-state index contributed by atoms with van der Waals surface area (Å²) in [7, 11) is 0. The number of anilines is 1. The monoisotopic (exact) mass is 523 g/mol. The van der Waals surface area contributed by atoms with Gasteiger partial charge < -0.3 is 20.1 Å². The minimum absolute atomic E-state index is 0.0650. The van der Waals surface area contributed by atoms with E-state index in [0.29, 0.717) is 31.0 Å². The first-order valence-electron chi connectivity index (χ1n) is 12.8. The van der Waals surface area contributed by atoms with Gasteiger partial charge in [0.1, 0.15) is 18.2 Å². The van der Waals surface area contributed by atoms with Gasteiger partial charge in [-0.25, -0.2) is 4.98 Å². The number of morpholine rings is 1. The smallest absolute Gasteiger partial charge is 0.225 e. The Hall–Kier alpha value is -3.28. The van der Waals surface area contributed by atoms with Gasteiger partial charge in [0.25, 0.3) is 0 Å². The van der Waals surface area contributed by atoms with Crippen LogP contribution in [-0.4, -0.2) is 82.9 Å². The number of nitrogens with zero attached hydrogens (tertiary/aromatic N) is 5. The molecular formula is C26H33N7O3S. The van der Waals surface area contributed by atoms with E-state index in [4.69, 9.17) is 14.5 Å². The molecule has 1 aromatic carbocycles. The molecule has 4 aromatic rings. The molecule has 1 aliphatic heterocycles. The second-order valence-electron chi connectivity index (χ2n) is 9.06. The van der Waals surface area contributed by atoms with Gasteiger partial charge in [-0.1, -0.05) is 6.07 Å². The number of fused-ring (bicyclic) bond motifs is 3. The van der Waals surface area contributed by atoms with Gasteiger partial charge in [0.15, 0.2) is 5.82 Å². The maximum absolute atomic E-state index is 12.0. The molecule has 1 saturated heterocycles. The maximum atomic E-state index is 12.0. The number of amides is 1. The fourth-order valence-corrected chi connectivity index (χ4v) is 5.10. The number of aromatic nitrogens is 4. The van der Waals surface area contributed by atoms with Gasteiger partial charge in [-0.3, -0.25) is 14.1 Å². The summed E-state index contributed by atoms with van der Waals surface area (Å²) in [6, 6.07) is 9.91. The lowest BCUT2D eigenvalue weighted by atomic mass is 10.2. The number of thiophene rings is 1. The van der Waals surface area contributed by atoms with E-state index in [-0.39, 0.29) is 5.91 Å². The summed E-state index contributed by atoms with van der Waals surface area (Å²) < 4.78 is 13.5. The summed E-state index contributed by atoms with van der Waals surface area (Å²) in [5.41, 5.74) is 2.47. The molecule has 0 saturated carbocycles. The van der Waals surface area contributed by atoms with Crippen molar-refractivity contribution in [3.05, 3.63) is 46.4 Å². The van der Waals surface area contributed by atoms with Gasteiger partial charge >= 0.3 is 0 Å². The molecule has 196 valence electrons. The van der Waals surface area contributed by atoms with Crippen LogP contribution in [0.4, 0.5) is 5.82 Å². The quantitative estimate of drug-likeness (QED) is 0.273. The van der Waals surface area contributed by atoms with Crippen molar-refractivity contribution in [3.63, 3.8) is 0 Å². The molecule has 37 heavy (non-hydrogen) atoms. The number of ether oxygens (including phenoxy) is 2. The SMILES string of the molecule is Cc1nnc2c(NCCCCNC(=O)Cc3cccs3)nc3cc(OCCN4CCOCC4)ccc3n12. The van der Waals surface area contributed by atoms with Gasteiger partial charge in [0.05, 0.1) is 30.7 Å². The van der Waals surface area contributed by atoms with Crippen LogP contribution in [0.2, 0.25) is 0 Å². The van der Waals surface area contributed by atoms with E-state index in [1.54, 1.807) is 11.3 Å². The summed E-state index contributed by atoms with van der Waals surface area (Å²) >= 11 is 1.61. The molecular weight excluding hydrogens is 490 g/mol. The molecule has 11 heteroatoms. The molecule has 1 fully saturated rings. The number of hydrogen-bond acceptors (Lipinski definition) is 9. The zero-order valence-electron chi connectivity index (χ0n) is 21.1. The minimum atomic E-state index is 0.0650. The van der Waals surface area contributed by atoms with E-state index in [2.05, 4.69) is 25.7 Å². The number of aryl methyl sites for hydroxylation is 1. The van der Waals surface area contributed by atoms with Gasteiger partial charge in [-0.2, -0.15) is 0 Å². The highest BCUT2D eigenvalue weighted by Crippen LogP contribution is 2.25. The Kier molecular flexibility index (Phi) is 8.44. The average molecular weight is 524 g/mol. The van der Waals surface area contributed by atoms with Crippen LogP contribution >= 0.6 is 11.3 Å². The molecule has 0 bridgehead atoms. The number of nitrogens with one attached hydrogen (secondary N) is 2. The number of benzene rings is 1. The molecule has 5 rings (SSSR count). The Balaban J connectivity index is 1.16. The van der Waals surface area contributed by atoms with Crippen molar-refractivity contribution >= 4 is 39.7 Å². The molecule has 0 unspecified atom stereocenters. The van der Waals surface area contributed by atoms with Crippen LogP contribution in [0.3, 0.4) is 0 Å². The molecule has 3 aromatic heterocycles. The second kappa shape index (κ2) is 12.3. The maximum Gasteiger partial charge on any atom is 0.225 e. The third-order valence-corrected chi connectivity index (χ3v) is 7.25. The standard InChI is InChI=1S/C26H33N7O3S/c1-19-30-31-26-25(28-9-3-2-8-27-24(34)18-21-5-4-16-37-21)29-22-17-20(6-7-23(22)33(19)26)36-15-12-32-10-13-35-14-11-32/h4-7,16-17H,2-3,8-15,18H2,1H3,(H,27,34)(H,28,29). The van der Waals surface area contributed by atoms with Crippen molar-refractivity contribution in [2.24, 2.45) is 0 Å². The number of unbranched alkanes of at least 4 members (excludes halogenated alkanes) is 1. The molecule has 1 aliphatic rings. The van der Waals surface area contributed by atoms with Gasteiger partial charge in [-0.15, -0.1) is 21.5 Å². The summed E-state index contributed by atoms with van der Waals surface area (Å²) in [4.78, 5) is 20.3. The first kappa shape index (κ1) is 25.4. The topological polar surface area (TPSA) is 106 Å². The van der Waals surface area contributed by atoms with Crippen LogP contribution in [0.5, 0.6) is 5.75 Å². The molecule has 0 radical (unpaired) electrons. The molecule has 1 amide bonds. The summed E-state index contributed by atoms with van der Waals surface area (Å²) in [5.74, 6) is 2.36. The highest BCUT2D eigenvalue weighted by molar-refractivity contribution is 7.10. The largest absolute Gasteiger partial charge is 0.492 e. The van der Waals surface area contributed by atoms with Crippen LogP contribution in [0, 0.1) is 6.92 Å². The Labute approximate surface area is 220 Å².